The van der Waals surface area contributed by atoms with E-state index in [-0.39, 0.29) is 29.6 Å². The van der Waals surface area contributed by atoms with E-state index in [4.69, 9.17) is 0 Å². The van der Waals surface area contributed by atoms with Gasteiger partial charge in [-0.3, -0.25) is 9.59 Å². The Labute approximate surface area is 238 Å². The SMILES string of the molecule is O=C(CCC(F)(F)C(F)(F)C(F)(F)C(F)(F)F)CC(C(=O)CCC(F)(F)C(F)(F)C(F)(F)C(F)(F)F)S(=O)(=O)[O-].[Na+]. The summed E-state index contributed by atoms with van der Waals surface area (Å²) >= 11 is 0. The van der Waals surface area contributed by atoms with Crippen molar-refractivity contribution in [3.8, 4) is 0 Å². The number of hydrogen-bond donors (Lipinski definition) is 0. The summed E-state index contributed by atoms with van der Waals surface area (Å²) in [5.41, 5.74) is 0. The van der Waals surface area contributed by atoms with Crippen LogP contribution in [0, 0.1) is 0 Å². The molecule has 0 aliphatic heterocycles. The van der Waals surface area contributed by atoms with Crippen LogP contribution in [0.1, 0.15) is 32.1 Å². The summed E-state index contributed by atoms with van der Waals surface area (Å²) in [5.74, 6) is -47.1. The van der Waals surface area contributed by atoms with Crippen molar-refractivity contribution in [3.63, 3.8) is 0 Å². The maximum absolute atomic E-state index is 13.5. The van der Waals surface area contributed by atoms with Crippen LogP contribution in [-0.4, -0.2) is 77.7 Å². The first-order valence-electron chi connectivity index (χ1n) is 9.51. The van der Waals surface area contributed by atoms with Gasteiger partial charge in [-0.15, -0.1) is 0 Å². The molecule has 0 rings (SSSR count). The van der Waals surface area contributed by atoms with Crippen LogP contribution >= 0.6 is 0 Å². The molecule has 25 heteroatoms. The van der Waals surface area contributed by atoms with Crippen molar-refractivity contribution in [1.29, 1.82) is 0 Å². The number of rotatable bonds is 14. The van der Waals surface area contributed by atoms with E-state index in [1.807, 2.05) is 0 Å². The van der Waals surface area contributed by atoms with Crippen LogP contribution in [0.4, 0.5) is 79.0 Å². The van der Waals surface area contributed by atoms with Crippen molar-refractivity contribution in [2.45, 2.75) is 85.2 Å². The van der Waals surface area contributed by atoms with Crippen LogP contribution in [0.15, 0.2) is 0 Å². The standard InChI is InChI=1S/C16H12F18O5S.Na/c17-9(18,11(21,22)13(25,26)15(29,30)31)3-1-6(35)5-8(40(37,38)39)7(36)2-4-10(19,20)12(23,24)14(27,28)16(32,33)34;/h8H,1-5H2,(H,37,38,39);/q;+1/p-1. The molecule has 0 heterocycles. The number of carbonyl (C=O) groups excluding carboxylic acids is 2. The van der Waals surface area contributed by atoms with Crippen LogP contribution in [-0.2, 0) is 19.7 Å². The predicted molar refractivity (Wildman–Crippen MR) is 88.4 cm³/mol. The number of hydrogen-bond acceptors (Lipinski definition) is 5. The molecule has 0 aliphatic carbocycles. The molecule has 0 saturated carbocycles. The van der Waals surface area contributed by atoms with Gasteiger partial charge in [-0.25, -0.2) is 8.42 Å². The molecule has 1 unspecified atom stereocenters. The van der Waals surface area contributed by atoms with E-state index in [1.165, 1.54) is 0 Å². The van der Waals surface area contributed by atoms with Gasteiger partial charge in [-0.2, -0.15) is 79.0 Å². The molecule has 0 aliphatic rings. The zero-order valence-electron chi connectivity index (χ0n) is 19.4. The van der Waals surface area contributed by atoms with Crippen molar-refractivity contribution >= 4 is 21.7 Å². The number of carbonyl (C=O) groups is 2. The van der Waals surface area contributed by atoms with Gasteiger partial charge in [0.05, 0.1) is 0 Å². The van der Waals surface area contributed by atoms with Crippen molar-refractivity contribution in [1.82, 2.24) is 0 Å². The molecule has 0 saturated heterocycles. The summed E-state index contributed by atoms with van der Waals surface area (Å²) < 4.78 is 263. The first-order valence-corrected chi connectivity index (χ1v) is 11.0. The smallest absolute Gasteiger partial charge is 0.747 e. The Kier molecular flexibility index (Phi) is 12.9. The zero-order chi connectivity index (χ0) is 32.8. The number of alkyl halides is 18. The molecular formula is C16H11F18NaO5S. The second-order valence-electron chi connectivity index (χ2n) is 7.89. The van der Waals surface area contributed by atoms with Crippen molar-refractivity contribution in [3.05, 3.63) is 0 Å². The van der Waals surface area contributed by atoms with E-state index >= 15 is 0 Å². The van der Waals surface area contributed by atoms with Gasteiger partial charge in [0, 0.05) is 32.1 Å². The van der Waals surface area contributed by atoms with E-state index < -0.39 is 107 Å². The van der Waals surface area contributed by atoms with E-state index in [2.05, 4.69) is 0 Å². The summed E-state index contributed by atoms with van der Waals surface area (Å²) in [6, 6.07) is 0. The van der Waals surface area contributed by atoms with Gasteiger partial charge in [0.25, 0.3) is 0 Å². The monoisotopic (exact) mass is 680 g/mol. The average molecular weight is 680 g/mol. The maximum Gasteiger partial charge on any atom is 1.00 e. The quantitative estimate of drug-likeness (QED) is 0.160. The summed E-state index contributed by atoms with van der Waals surface area (Å²) in [4.78, 5) is 23.3. The molecule has 0 spiro atoms. The summed E-state index contributed by atoms with van der Waals surface area (Å²) in [7, 11) is -6.32. The van der Waals surface area contributed by atoms with Crippen LogP contribution in [0.25, 0.3) is 0 Å². The molecule has 1 atom stereocenters. The Balaban J connectivity index is 0. The molecule has 41 heavy (non-hydrogen) atoms. The Morgan fingerprint density at radius 1 is 0.561 bits per heavy atom. The van der Waals surface area contributed by atoms with Gasteiger partial charge >= 0.3 is 77.4 Å². The van der Waals surface area contributed by atoms with Crippen molar-refractivity contribution < 1.29 is 131 Å². The summed E-state index contributed by atoms with van der Waals surface area (Å²) in [6.07, 6.45) is -27.6. The van der Waals surface area contributed by atoms with Crippen LogP contribution in [0.3, 0.4) is 0 Å². The van der Waals surface area contributed by atoms with E-state index in [1.54, 1.807) is 0 Å². The number of Topliss-reactive ketones (excluding diaryl/α,β-unsaturated/α-hetero) is 2. The van der Waals surface area contributed by atoms with Crippen LogP contribution in [0.2, 0.25) is 0 Å². The molecule has 0 bridgehead atoms. The number of halogens is 18. The fourth-order valence-corrected chi connectivity index (χ4v) is 3.38. The molecule has 0 amide bonds. The molecule has 0 fully saturated rings. The third-order valence-corrected chi connectivity index (χ3v) is 6.07. The normalized spacial score (nSPS) is 15.8. The largest absolute Gasteiger partial charge is 1.00 e. The second kappa shape index (κ2) is 12.5. The Bertz CT molecular complexity index is 1050. The van der Waals surface area contributed by atoms with Crippen molar-refractivity contribution in [2.24, 2.45) is 0 Å². The van der Waals surface area contributed by atoms with Gasteiger partial charge in [0.1, 0.15) is 21.2 Å². The van der Waals surface area contributed by atoms with Crippen molar-refractivity contribution in [2.75, 3.05) is 0 Å². The summed E-state index contributed by atoms with van der Waals surface area (Å²) in [5, 5.41) is -3.57. The van der Waals surface area contributed by atoms with Gasteiger partial charge in [0.15, 0.2) is 5.78 Å². The van der Waals surface area contributed by atoms with Gasteiger partial charge in [-0.05, 0) is 0 Å². The minimum atomic E-state index is -7.44. The third kappa shape index (κ3) is 8.55. The molecular weight excluding hydrogens is 669 g/mol. The fraction of sp³-hybridized carbons (Fsp3) is 0.875. The molecule has 0 radical (unpaired) electrons. The van der Waals surface area contributed by atoms with E-state index in [0.717, 1.165) is 0 Å². The topological polar surface area (TPSA) is 91.3 Å². The van der Waals surface area contributed by atoms with E-state index in [0.29, 0.717) is 0 Å². The first-order chi connectivity index (χ1) is 17.1. The first kappa shape index (κ1) is 42.1. The zero-order valence-corrected chi connectivity index (χ0v) is 22.2. The molecule has 238 valence electrons. The minimum absolute atomic E-state index is 0. The second-order valence-corrected chi connectivity index (χ2v) is 9.45. The predicted octanol–water partition coefficient (Wildman–Crippen LogP) is 2.93. The molecule has 0 N–H and O–H groups in total. The molecule has 0 aromatic heterocycles. The van der Waals surface area contributed by atoms with Gasteiger partial charge < -0.3 is 4.55 Å². The maximum atomic E-state index is 13.5. The Morgan fingerprint density at radius 3 is 1.12 bits per heavy atom. The Hall–Kier alpha value is -1.01. The third-order valence-electron chi connectivity index (χ3n) is 4.94. The molecule has 5 nitrogen and oxygen atoms in total. The van der Waals surface area contributed by atoms with E-state index in [9.17, 15) is 102 Å². The molecule has 0 aromatic rings. The summed E-state index contributed by atoms with van der Waals surface area (Å²) in [6.45, 7) is 0. The van der Waals surface area contributed by atoms with Crippen LogP contribution < -0.4 is 29.6 Å². The minimum Gasteiger partial charge on any atom is -0.747 e. The van der Waals surface area contributed by atoms with Crippen LogP contribution in [0.5, 0.6) is 0 Å². The average Bonchev–Trinajstić information content (AvgIpc) is 2.71. The fourth-order valence-electron chi connectivity index (χ4n) is 2.55. The molecule has 0 aromatic carbocycles. The van der Waals surface area contributed by atoms with Gasteiger partial charge in [-0.1, -0.05) is 0 Å². The van der Waals surface area contributed by atoms with Gasteiger partial charge in [0.2, 0.25) is 0 Å². The number of ketones is 2. The Morgan fingerprint density at radius 2 is 0.854 bits per heavy atom.